The standard InChI is InChI=1S/C30H31BrN4.Zn/c1-8-19-15(4)22-12-27-21(10-3)17(6)24(34-27)14-29-30(31)18(7)25(35-29)13-28-20(9-2)16(5)23(33-28)11-26(19)32-22;/h11-14H,8-10H2,1-7H3;/q-2;+2. The number of aryl methyl sites for hydroxylation is 3. The molecule has 0 fully saturated rings. The van der Waals surface area contributed by atoms with E-state index in [1.807, 2.05) is 0 Å². The second-order valence-corrected chi connectivity index (χ2v) is 10.2. The Morgan fingerprint density at radius 2 is 1.06 bits per heavy atom. The molecule has 3 aromatic heterocycles. The molecule has 0 saturated heterocycles. The number of fused-ring (bicyclic) bond motifs is 8. The van der Waals surface area contributed by atoms with Gasteiger partial charge >= 0.3 is 19.5 Å². The van der Waals surface area contributed by atoms with Gasteiger partial charge in [-0.25, -0.2) is 9.97 Å². The van der Waals surface area contributed by atoms with E-state index in [1.165, 1.54) is 33.4 Å². The Labute approximate surface area is 234 Å². The number of hydrogen-bond acceptors (Lipinski definition) is 2. The number of halogens is 1. The molecule has 0 aromatic carbocycles. The smallest absolute Gasteiger partial charge is 0.657 e. The molecular formula is C30H31BrN4Zn. The number of aromatic nitrogens is 4. The molecular weight excluding hydrogens is 562 g/mol. The van der Waals surface area contributed by atoms with Crippen molar-refractivity contribution in [2.45, 2.75) is 67.7 Å². The summed E-state index contributed by atoms with van der Waals surface area (Å²) in [6.45, 7) is 15.2. The van der Waals surface area contributed by atoms with E-state index in [2.05, 4.69) is 88.7 Å². The minimum atomic E-state index is 0. The van der Waals surface area contributed by atoms with Crippen molar-refractivity contribution in [2.24, 2.45) is 0 Å². The number of rotatable bonds is 3. The molecule has 0 saturated carbocycles. The SMILES string of the molecule is CCC1=C(C)c2cc3[n-]c(cc4nc(cc5[n-]c(cc1n2)c(C)c5Br)C(C)=C4CC)c(C)c3CC.[Zn+2]. The molecule has 0 spiro atoms. The summed E-state index contributed by atoms with van der Waals surface area (Å²) in [5, 5.41) is 0. The Hall–Kier alpha value is -2.30. The van der Waals surface area contributed by atoms with E-state index in [0.717, 1.165) is 74.1 Å². The number of allylic oxidation sites excluding steroid dienone is 4. The van der Waals surface area contributed by atoms with Crippen molar-refractivity contribution >= 4 is 60.3 Å². The second-order valence-electron chi connectivity index (χ2n) is 9.42. The molecule has 0 atom stereocenters. The average Bonchev–Trinajstić information content (AvgIpc) is 3.48. The molecule has 5 rings (SSSR count). The molecule has 0 aliphatic carbocycles. The van der Waals surface area contributed by atoms with E-state index in [9.17, 15) is 0 Å². The molecule has 0 unspecified atom stereocenters. The Balaban J connectivity index is 0.00000304. The van der Waals surface area contributed by atoms with Crippen LogP contribution in [0, 0.1) is 13.8 Å². The average molecular weight is 593 g/mol. The summed E-state index contributed by atoms with van der Waals surface area (Å²) < 4.78 is 1.01. The maximum absolute atomic E-state index is 5.09. The van der Waals surface area contributed by atoms with Crippen LogP contribution in [0.4, 0.5) is 0 Å². The number of hydrogen-bond donors (Lipinski definition) is 0. The first-order chi connectivity index (χ1) is 16.8. The van der Waals surface area contributed by atoms with Gasteiger partial charge in [-0.05, 0) is 75.3 Å². The van der Waals surface area contributed by atoms with Gasteiger partial charge in [-0.15, -0.1) is 22.1 Å². The van der Waals surface area contributed by atoms with E-state index in [1.54, 1.807) is 0 Å². The number of nitrogens with zero attached hydrogens (tertiary/aromatic N) is 4. The van der Waals surface area contributed by atoms with Crippen molar-refractivity contribution in [3.8, 4) is 0 Å². The molecule has 0 N–H and O–H groups in total. The summed E-state index contributed by atoms with van der Waals surface area (Å²) >= 11 is 3.79. The van der Waals surface area contributed by atoms with Gasteiger partial charge < -0.3 is 9.97 Å². The van der Waals surface area contributed by atoms with Crippen LogP contribution in [0.15, 0.2) is 28.7 Å². The molecule has 6 heteroatoms. The van der Waals surface area contributed by atoms with Crippen LogP contribution in [0.25, 0.3) is 44.4 Å². The first kappa shape index (κ1) is 26.8. The molecule has 180 valence electrons. The summed E-state index contributed by atoms with van der Waals surface area (Å²) in [5.41, 5.74) is 16.4. The summed E-state index contributed by atoms with van der Waals surface area (Å²) in [6, 6.07) is 8.55. The molecule has 2 aliphatic rings. The fraction of sp³-hybridized carbons (Fsp3) is 0.333. The van der Waals surface area contributed by atoms with Gasteiger partial charge in [0.1, 0.15) is 0 Å². The van der Waals surface area contributed by atoms with Crippen molar-refractivity contribution in [3.05, 3.63) is 68.2 Å². The Bertz CT molecular complexity index is 1600. The minimum Gasteiger partial charge on any atom is -0.657 e. The zero-order chi connectivity index (χ0) is 25.0. The van der Waals surface area contributed by atoms with Crippen LogP contribution in [-0.4, -0.2) is 9.97 Å². The Morgan fingerprint density at radius 3 is 1.56 bits per heavy atom. The van der Waals surface area contributed by atoms with Gasteiger partial charge in [0.25, 0.3) is 0 Å². The first-order valence-corrected chi connectivity index (χ1v) is 13.3. The van der Waals surface area contributed by atoms with Gasteiger partial charge in [-0.2, -0.15) is 0 Å². The Kier molecular flexibility index (Phi) is 7.60. The predicted octanol–water partition coefficient (Wildman–Crippen LogP) is 8.19. The topological polar surface area (TPSA) is 54.0 Å². The van der Waals surface area contributed by atoms with Gasteiger partial charge in [-0.3, -0.25) is 0 Å². The molecule has 0 radical (unpaired) electrons. The van der Waals surface area contributed by atoms with Gasteiger partial charge in [0, 0.05) is 4.47 Å². The van der Waals surface area contributed by atoms with Crippen LogP contribution in [0.5, 0.6) is 0 Å². The van der Waals surface area contributed by atoms with E-state index < -0.39 is 0 Å². The van der Waals surface area contributed by atoms with Crippen LogP contribution >= 0.6 is 15.9 Å². The first-order valence-electron chi connectivity index (χ1n) is 12.5. The summed E-state index contributed by atoms with van der Waals surface area (Å²) in [4.78, 5) is 20.2. The van der Waals surface area contributed by atoms with Crippen molar-refractivity contribution in [2.75, 3.05) is 0 Å². The van der Waals surface area contributed by atoms with Gasteiger partial charge in [0.05, 0.1) is 22.8 Å². The van der Waals surface area contributed by atoms with E-state index >= 15 is 0 Å². The largest absolute Gasteiger partial charge is 2.00 e. The third kappa shape index (κ3) is 4.27. The molecule has 8 bridgehead atoms. The van der Waals surface area contributed by atoms with E-state index in [-0.39, 0.29) is 19.5 Å². The van der Waals surface area contributed by atoms with E-state index in [0.29, 0.717) is 0 Å². The van der Waals surface area contributed by atoms with Crippen molar-refractivity contribution in [3.63, 3.8) is 0 Å². The van der Waals surface area contributed by atoms with Crippen LogP contribution in [0.3, 0.4) is 0 Å². The zero-order valence-electron chi connectivity index (χ0n) is 22.3. The third-order valence-corrected chi connectivity index (χ3v) is 8.50. The van der Waals surface area contributed by atoms with Gasteiger partial charge in [-0.1, -0.05) is 71.6 Å². The molecule has 3 aromatic rings. The third-order valence-electron chi connectivity index (χ3n) is 7.49. The Morgan fingerprint density at radius 1 is 0.611 bits per heavy atom. The fourth-order valence-electron chi connectivity index (χ4n) is 5.32. The zero-order valence-corrected chi connectivity index (χ0v) is 26.9. The van der Waals surface area contributed by atoms with Crippen LogP contribution in [0.2, 0.25) is 0 Å². The molecule has 0 amide bonds. The molecule has 2 aliphatic heterocycles. The molecule has 4 nitrogen and oxygen atoms in total. The van der Waals surface area contributed by atoms with Crippen LogP contribution < -0.4 is 9.97 Å². The second kappa shape index (κ2) is 10.2. The van der Waals surface area contributed by atoms with E-state index in [4.69, 9.17) is 19.9 Å². The summed E-state index contributed by atoms with van der Waals surface area (Å²) in [7, 11) is 0. The minimum absolute atomic E-state index is 0. The van der Waals surface area contributed by atoms with Crippen LogP contribution in [0.1, 0.15) is 86.9 Å². The van der Waals surface area contributed by atoms with Crippen molar-refractivity contribution < 1.29 is 19.5 Å². The van der Waals surface area contributed by atoms with Crippen molar-refractivity contribution in [1.82, 2.24) is 19.9 Å². The molecule has 36 heavy (non-hydrogen) atoms. The fourth-order valence-corrected chi connectivity index (χ4v) is 5.73. The van der Waals surface area contributed by atoms with Gasteiger partial charge in [0.15, 0.2) is 0 Å². The predicted molar refractivity (Wildman–Crippen MR) is 151 cm³/mol. The monoisotopic (exact) mass is 590 g/mol. The maximum Gasteiger partial charge on any atom is 2.00 e. The summed E-state index contributed by atoms with van der Waals surface area (Å²) in [5.74, 6) is 0. The maximum atomic E-state index is 5.09. The summed E-state index contributed by atoms with van der Waals surface area (Å²) in [6.07, 6.45) is 2.77. The van der Waals surface area contributed by atoms with Gasteiger partial charge in [0.2, 0.25) is 0 Å². The normalized spacial score (nSPS) is 13.4. The molecule has 5 heterocycles. The quantitative estimate of drug-likeness (QED) is 0.288. The van der Waals surface area contributed by atoms with Crippen molar-refractivity contribution in [1.29, 1.82) is 0 Å². The van der Waals surface area contributed by atoms with Crippen LogP contribution in [-0.2, 0) is 25.9 Å².